The third-order valence-corrected chi connectivity index (χ3v) is 2.13. The van der Waals surface area contributed by atoms with Gasteiger partial charge >= 0.3 is 0 Å². The highest BCUT2D eigenvalue weighted by Gasteiger charge is 2.41. The van der Waals surface area contributed by atoms with Crippen LogP contribution in [0.2, 0.25) is 0 Å². The number of nitrogens with zero attached hydrogens (tertiary/aromatic N) is 1. The average molecular weight is 144 g/mol. The Bertz CT molecular complexity index is 146. The lowest BCUT2D eigenvalue weighted by Gasteiger charge is -2.38. The number of ether oxygens (including phenoxy) is 1. The van der Waals surface area contributed by atoms with Gasteiger partial charge in [-0.3, -0.25) is 0 Å². The van der Waals surface area contributed by atoms with Gasteiger partial charge in [0.2, 0.25) is 0 Å². The molecular weight excluding hydrogens is 132 g/mol. The van der Waals surface area contributed by atoms with Gasteiger partial charge in [-0.2, -0.15) is 0 Å². The van der Waals surface area contributed by atoms with Gasteiger partial charge in [-0.1, -0.05) is 5.16 Å². The lowest BCUT2D eigenvalue weighted by molar-refractivity contribution is -0.0156. The minimum Gasteiger partial charge on any atom is -0.409 e. The quantitative estimate of drug-likeness (QED) is 0.253. The number of oxime groups is 1. The maximum absolute atomic E-state index is 8.35. The maximum Gasteiger partial charge on any atom is 0.171 e. The van der Waals surface area contributed by atoms with E-state index in [1.165, 1.54) is 0 Å². The molecule has 1 rings (SSSR count). The Hall–Kier alpha value is -0.770. The normalized spacial score (nSPS) is 23.9. The van der Waals surface area contributed by atoms with E-state index >= 15 is 0 Å². The van der Waals surface area contributed by atoms with E-state index in [4.69, 9.17) is 15.7 Å². The molecule has 3 N–H and O–H groups in total. The van der Waals surface area contributed by atoms with Crippen molar-refractivity contribution in [3.05, 3.63) is 0 Å². The molecule has 4 heteroatoms. The van der Waals surface area contributed by atoms with Gasteiger partial charge in [0.15, 0.2) is 5.84 Å². The van der Waals surface area contributed by atoms with Crippen LogP contribution in [0.1, 0.15) is 19.3 Å². The first-order valence-corrected chi connectivity index (χ1v) is 3.28. The van der Waals surface area contributed by atoms with Gasteiger partial charge in [0, 0.05) is 7.11 Å². The van der Waals surface area contributed by atoms with E-state index in [9.17, 15) is 0 Å². The van der Waals surface area contributed by atoms with E-state index in [1.807, 2.05) is 0 Å². The van der Waals surface area contributed by atoms with Gasteiger partial charge in [0.05, 0.1) is 0 Å². The molecule has 1 saturated carbocycles. The van der Waals surface area contributed by atoms with Crippen molar-refractivity contribution < 1.29 is 9.94 Å². The Kier molecular flexibility index (Phi) is 1.80. The fourth-order valence-corrected chi connectivity index (χ4v) is 1.15. The average Bonchev–Trinajstić information content (AvgIpc) is 1.86. The molecule has 0 bridgehead atoms. The van der Waals surface area contributed by atoms with Crippen LogP contribution in [0.25, 0.3) is 0 Å². The van der Waals surface area contributed by atoms with Crippen LogP contribution in [0.4, 0.5) is 0 Å². The number of rotatable bonds is 2. The molecule has 0 radical (unpaired) electrons. The molecule has 0 aromatic carbocycles. The summed E-state index contributed by atoms with van der Waals surface area (Å²) in [5, 5.41) is 11.3. The van der Waals surface area contributed by atoms with E-state index < -0.39 is 5.60 Å². The summed E-state index contributed by atoms with van der Waals surface area (Å²) in [5.41, 5.74) is 4.95. The number of amidine groups is 1. The summed E-state index contributed by atoms with van der Waals surface area (Å²) in [4.78, 5) is 0. The highest BCUT2D eigenvalue weighted by molar-refractivity contribution is 5.89. The van der Waals surface area contributed by atoms with Crippen LogP contribution in [-0.2, 0) is 4.74 Å². The fourth-order valence-electron chi connectivity index (χ4n) is 1.15. The van der Waals surface area contributed by atoms with Gasteiger partial charge in [0.1, 0.15) is 5.60 Å². The zero-order chi connectivity index (χ0) is 7.61. The van der Waals surface area contributed by atoms with Crippen molar-refractivity contribution >= 4 is 5.84 Å². The molecule has 0 amide bonds. The van der Waals surface area contributed by atoms with Crippen molar-refractivity contribution in [2.24, 2.45) is 10.9 Å². The molecule has 0 spiro atoms. The minimum absolute atomic E-state index is 0.196. The second-order valence-electron chi connectivity index (χ2n) is 2.54. The highest BCUT2D eigenvalue weighted by Crippen LogP contribution is 2.34. The SMILES string of the molecule is COC1(C(N)=NO)CCC1. The van der Waals surface area contributed by atoms with Crippen molar-refractivity contribution in [1.29, 1.82) is 0 Å². The summed E-state index contributed by atoms with van der Waals surface area (Å²) in [6.45, 7) is 0. The fraction of sp³-hybridized carbons (Fsp3) is 0.833. The summed E-state index contributed by atoms with van der Waals surface area (Å²) in [5.74, 6) is 0.196. The molecule has 0 heterocycles. The van der Waals surface area contributed by atoms with Gasteiger partial charge in [-0.15, -0.1) is 0 Å². The van der Waals surface area contributed by atoms with Crippen molar-refractivity contribution in [1.82, 2.24) is 0 Å². The Labute approximate surface area is 59.7 Å². The molecular formula is C6H12N2O2. The van der Waals surface area contributed by atoms with Crippen LogP contribution in [0.3, 0.4) is 0 Å². The van der Waals surface area contributed by atoms with E-state index in [1.54, 1.807) is 7.11 Å². The summed E-state index contributed by atoms with van der Waals surface area (Å²) >= 11 is 0. The summed E-state index contributed by atoms with van der Waals surface area (Å²) < 4.78 is 5.11. The lowest BCUT2D eigenvalue weighted by atomic mass is 9.79. The lowest BCUT2D eigenvalue weighted by Crippen LogP contribution is -2.51. The van der Waals surface area contributed by atoms with Crippen LogP contribution >= 0.6 is 0 Å². The Balaban J connectivity index is 2.64. The maximum atomic E-state index is 8.35. The van der Waals surface area contributed by atoms with Gasteiger partial charge in [-0.05, 0) is 19.3 Å². The molecule has 10 heavy (non-hydrogen) atoms. The van der Waals surface area contributed by atoms with Crippen LogP contribution in [0.15, 0.2) is 5.16 Å². The highest BCUT2D eigenvalue weighted by atomic mass is 16.5. The first-order chi connectivity index (χ1) is 4.75. The third kappa shape index (κ3) is 0.844. The molecule has 1 aliphatic carbocycles. The second-order valence-corrected chi connectivity index (χ2v) is 2.54. The molecule has 1 fully saturated rings. The first kappa shape index (κ1) is 7.34. The predicted molar refractivity (Wildman–Crippen MR) is 37.0 cm³/mol. The van der Waals surface area contributed by atoms with Crippen molar-refractivity contribution in [2.45, 2.75) is 24.9 Å². The zero-order valence-electron chi connectivity index (χ0n) is 6.00. The van der Waals surface area contributed by atoms with Gasteiger partial charge < -0.3 is 15.7 Å². The Morgan fingerprint density at radius 3 is 2.40 bits per heavy atom. The summed E-state index contributed by atoms with van der Waals surface area (Å²) in [7, 11) is 1.58. The van der Waals surface area contributed by atoms with E-state index in [-0.39, 0.29) is 5.84 Å². The van der Waals surface area contributed by atoms with Gasteiger partial charge in [0.25, 0.3) is 0 Å². The van der Waals surface area contributed by atoms with Crippen molar-refractivity contribution in [2.75, 3.05) is 7.11 Å². The summed E-state index contributed by atoms with van der Waals surface area (Å²) in [6, 6.07) is 0. The van der Waals surface area contributed by atoms with Gasteiger partial charge in [-0.25, -0.2) is 0 Å². The van der Waals surface area contributed by atoms with Crippen molar-refractivity contribution in [3.63, 3.8) is 0 Å². The second kappa shape index (κ2) is 2.46. The smallest absolute Gasteiger partial charge is 0.171 e. The topological polar surface area (TPSA) is 67.8 Å². The number of hydrogen-bond donors (Lipinski definition) is 2. The van der Waals surface area contributed by atoms with E-state index in [0.717, 1.165) is 19.3 Å². The molecule has 0 unspecified atom stereocenters. The standard InChI is InChI=1S/C6H12N2O2/c1-10-6(3-2-4-6)5(7)8-9/h9H,2-4H2,1H3,(H2,7,8). The summed E-state index contributed by atoms with van der Waals surface area (Å²) in [6.07, 6.45) is 2.81. The third-order valence-electron chi connectivity index (χ3n) is 2.13. The predicted octanol–water partition coefficient (Wildman–Crippen LogP) is 0.302. The van der Waals surface area contributed by atoms with Crippen LogP contribution in [0, 0.1) is 0 Å². The largest absolute Gasteiger partial charge is 0.409 e. The van der Waals surface area contributed by atoms with Crippen LogP contribution in [-0.4, -0.2) is 23.8 Å². The Morgan fingerprint density at radius 2 is 2.30 bits per heavy atom. The van der Waals surface area contributed by atoms with Crippen molar-refractivity contribution in [3.8, 4) is 0 Å². The molecule has 0 aromatic rings. The van der Waals surface area contributed by atoms with E-state index in [2.05, 4.69) is 5.16 Å². The molecule has 0 aliphatic heterocycles. The Morgan fingerprint density at radius 1 is 1.70 bits per heavy atom. The number of hydrogen-bond acceptors (Lipinski definition) is 3. The molecule has 4 nitrogen and oxygen atoms in total. The molecule has 1 aliphatic rings. The number of methoxy groups -OCH3 is 1. The van der Waals surface area contributed by atoms with Crippen LogP contribution in [0.5, 0.6) is 0 Å². The minimum atomic E-state index is -0.450. The monoisotopic (exact) mass is 144 g/mol. The van der Waals surface area contributed by atoms with Crippen LogP contribution < -0.4 is 5.73 Å². The zero-order valence-corrected chi connectivity index (χ0v) is 6.00. The molecule has 0 atom stereocenters. The first-order valence-electron chi connectivity index (χ1n) is 3.28. The molecule has 58 valence electrons. The number of nitrogens with two attached hydrogens (primary N) is 1. The van der Waals surface area contributed by atoms with E-state index in [0.29, 0.717) is 0 Å². The molecule has 0 aromatic heterocycles. The molecule has 0 saturated heterocycles.